The van der Waals surface area contributed by atoms with Gasteiger partial charge >= 0.3 is 0 Å². The SMILES string of the molecule is O[C@@H](CCCCCCc1ccccc1)c1nn[nH]n1. The third-order valence-electron chi connectivity index (χ3n) is 3.20. The molecule has 1 heterocycles. The third-order valence-corrected chi connectivity index (χ3v) is 3.20. The second-order valence-electron chi connectivity index (χ2n) is 4.72. The summed E-state index contributed by atoms with van der Waals surface area (Å²) in [5.41, 5.74) is 1.40. The molecule has 102 valence electrons. The number of nitrogens with one attached hydrogen (secondary N) is 1. The van der Waals surface area contributed by atoms with Crippen LogP contribution in [0, 0.1) is 0 Å². The minimum atomic E-state index is -0.590. The first kappa shape index (κ1) is 13.7. The van der Waals surface area contributed by atoms with Gasteiger partial charge in [-0.25, -0.2) is 0 Å². The fraction of sp³-hybridized carbons (Fsp3) is 0.500. The highest BCUT2D eigenvalue weighted by Crippen LogP contribution is 2.16. The molecule has 0 saturated heterocycles. The number of H-pyrrole nitrogens is 1. The average Bonchev–Trinajstić information content (AvgIpc) is 2.98. The van der Waals surface area contributed by atoms with Gasteiger partial charge in [0.05, 0.1) is 0 Å². The van der Waals surface area contributed by atoms with E-state index >= 15 is 0 Å². The van der Waals surface area contributed by atoms with E-state index in [0.717, 1.165) is 19.3 Å². The second-order valence-corrected chi connectivity index (χ2v) is 4.72. The minimum absolute atomic E-state index is 0.393. The lowest BCUT2D eigenvalue weighted by Crippen LogP contribution is -2.00. The van der Waals surface area contributed by atoms with Crippen LogP contribution in [-0.4, -0.2) is 25.7 Å². The Labute approximate surface area is 113 Å². The smallest absolute Gasteiger partial charge is 0.202 e. The lowest BCUT2D eigenvalue weighted by molar-refractivity contribution is 0.153. The van der Waals surface area contributed by atoms with E-state index in [0.29, 0.717) is 12.2 Å². The van der Waals surface area contributed by atoms with Gasteiger partial charge < -0.3 is 5.11 Å². The summed E-state index contributed by atoms with van der Waals surface area (Å²) in [4.78, 5) is 0. The van der Waals surface area contributed by atoms with Crippen molar-refractivity contribution in [2.45, 2.75) is 44.6 Å². The van der Waals surface area contributed by atoms with Crippen molar-refractivity contribution >= 4 is 0 Å². The van der Waals surface area contributed by atoms with Crippen molar-refractivity contribution in [3.05, 3.63) is 41.7 Å². The summed E-state index contributed by atoms with van der Waals surface area (Å²) in [6, 6.07) is 10.5. The van der Waals surface area contributed by atoms with Crippen molar-refractivity contribution in [1.82, 2.24) is 20.6 Å². The Hall–Kier alpha value is -1.75. The summed E-state index contributed by atoms with van der Waals surface area (Å²) in [5.74, 6) is 0.393. The summed E-state index contributed by atoms with van der Waals surface area (Å²) in [6.07, 6.45) is 5.74. The number of aliphatic hydroxyl groups is 1. The van der Waals surface area contributed by atoms with Crippen molar-refractivity contribution in [2.75, 3.05) is 0 Å². The summed E-state index contributed by atoms with van der Waals surface area (Å²) < 4.78 is 0. The number of aromatic amines is 1. The molecule has 1 atom stereocenters. The molecule has 19 heavy (non-hydrogen) atoms. The summed E-state index contributed by atoms with van der Waals surface area (Å²) in [6.45, 7) is 0. The molecule has 0 aliphatic heterocycles. The van der Waals surface area contributed by atoms with E-state index in [1.807, 2.05) is 6.07 Å². The van der Waals surface area contributed by atoms with Crippen molar-refractivity contribution in [3.8, 4) is 0 Å². The van der Waals surface area contributed by atoms with E-state index in [-0.39, 0.29) is 0 Å². The van der Waals surface area contributed by atoms with E-state index in [4.69, 9.17) is 0 Å². The molecule has 0 saturated carbocycles. The molecule has 2 N–H and O–H groups in total. The van der Waals surface area contributed by atoms with Crippen LogP contribution in [0.1, 0.15) is 49.6 Å². The standard InChI is InChI=1S/C14H20N4O/c19-13(14-15-17-18-16-14)11-7-2-1-4-8-12-9-5-3-6-10-12/h3,5-6,9-10,13,19H,1-2,4,7-8,11H2,(H,15,16,17,18)/t13-/m0/s1. The summed E-state index contributed by atoms with van der Waals surface area (Å²) in [5, 5.41) is 23.1. The van der Waals surface area contributed by atoms with Crippen LogP contribution < -0.4 is 0 Å². The van der Waals surface area contributed by atoms with Gasteiger partial charge in [-0.05, 0) is 24.8 Å². The van der Waals surface area contributed by atoms with Crippen LogP contribution in [0.3, 0.4) is 0 Å². The summed E-state index contributed by atoms with van der Waals surface area (Å²) >= 11 is 0. The quantitative estimate of drug-likeness (QED) is 0.715. The van der Waals surface area contributed by atoms with Gasteiger partial charge in [-0.1, -0.05) is 54.8 Å². The molecule has 0 radical (unpaired) electrons. The number of unbranched alkanes of at least 4 members (excludes halogenated alkanes) is 3. The van der Waals surface area contributed by atoms with E-state index in [1.165, 1.54) is 18.4 Å². The molecule has 2 rings (SSSR count). The number of aryl methyl sites for hydroxylation is 1. The average molecular weight is 260 g/mol. The predicted molar refractivity (Wildman–Crippen MR) is 72.4 cm³/mol. The van der Waals surface area contributed by atoms with Gasteiger partial charge in [-0.2, -0.15) is 5.21 Å². The van der Waals surface area contributed by atoms with Crippen LogP contribution in [-0.2, 0) is 6.42 Å². The number of hydrogen-bond donors (Lipinski definition) is 2. The van der Waals surface area contributed by atoms with Crippen LogP contribution >= 0.6 is 0 Å². The number of aromatic nitrogens is 4. The molecule has 1 aromatic heterocycles. The Balaban J connectivity index is 1.53. The Morgan fingerprint density at radius 1 is 1.05 bits per heavy atom. The van der Waals surface area contributed by atoms with Gasteiger partial charge in [-0.15, -0.1) is 10.2 Å². The largest absolute Gasteiger partial charge is 0.385 e. The highest BCUT2D eigenvalue weighted by Gasteiger charge is 2.11. The number of tetrazole rings is 1. The van der Waals surface area contributed by atoms with Gasteiger partial charge in [0.1, 0.15) is 6.10 Å². The van der Waals surface area contributed by atoms with E-state index in [9.17, 15) is 5.11 Å². The van der Waals surface area contributed by atoms with Gasteiger partial charge in [0.15, 0.2) is 0 Å². The van der Waals surface area contributed by atoms with Crippen molar-refractivity contribution in [2.24, 2.45) is 0 Å². The molecule has 0 aliphatic carbocycles. The lowest BCUT2D eigenvalue weighted by Gasteiger charge is -2.05. The fourth-order valence-corrected chi connectivity index (χ4v) is 2.10. The lowest BCUT2D eigenvalue weighted by atomic mass is 10.0. The maximum absolute atomic E-state index is 9.76. The Bertz CT molecular complexity index is 444. The second kappa shape index (κ2) is 7.63. The van der Waals surface area contributed by atoms with E-state index < -0.39 is 6.10 Å². The van der Waals surface area contributed by atoms with E-state index in [2.05, 4.69) is 44.9 Å². The highest BCUT2D eigenvalue weighted by molar-refractivity contribution is 5.14. The molecular weight excluding hydrogens is 240 g/mol. The molecule has 0 fully saturated rings. The number of rotatable bonds is 8. The maximum Gasteiger partial charge on any atom is 0.202 e. The van der Waals surface area contributed by atoms with Crippen molar-refractivity contribution in [1.29, 1.82) is 0 Å². The highest BCUT2D eigenvalue weighted by atomic mass is 16.3. The Kier molecular flexibility index (Phi) is 5.49. The van der Waals surface area contributed by atoms with Crippen molar-refractivity contribution in [3.63, 3.8) is 0 Å². The molecule has 5 heteroatoms. The number of hydrogen-bond acceptors (Lipinski definition) is 4. The van der Waals surface area contributed by atoms with Crippen LogP contribution in [0.2, 0.25) is 0 Å². The Morgan fingerprint density at radius 3 is 2.58 bits per heavy atom. The molecule has 0 unspecified atom stereocenters. The number of nitrogens with zero attached hydrogens (tertiary/aromatic N) is 3. The predicted octanol–water partition coefficient (Wildman–Crippen LogP) is 2.43. The van der Waals surface area contributed by atoms with Gasteiger partial charge in [0.2, 0.25) is 5.82 Å². The monoisotopic (exact) mass is 260 g/mol. The maximum atomic E-state index is 9.76. The van der Waals surface area contributed by atoms with Gasteiger partial charge in [0, 0.05) is 0 Å². The molecule has 5 nitrogen and oxygen atoms in total. The first-order valence-electron chi connectivity index (χ1n) is 6.81. The molecular formula is C14H20N4O. The fourth-order valence-electron chi connectivity index (χ4n) is 2.10. The minimum Gasteiger partial charge on any atom is -0.385 e. The first-order chi connectivity index (χ1) is 9.36. The van der Waals surface area contributed by atoms with Crippen LogP contribution in [0.5, 0.6) is 0 Å². The Morgan fingerprint density at radius 2 is 1.84 bits per heavy atom. The zero-order valence-corrected chi connectivity index (χ0v) is 11.0. The number of benzene rings is 1. The van der Waals surface area contributed by atoms with Gasteiger partial charge in [-0.3, -0.25) is 0 Å². The van der Waals surface area contributed by atoms with Crippen LogP contribution in [0.15, 0.2) is 30.3 Å². The number of aliphatic hydroxyl groups excluding tert-OH is 1. The van der Waals surface area contributed by atoms with Crippen molar-refractivity contribution < 1.29 is 5.11 Å². The first-order valence-corrected chi connectivity index (χ1v) is 6.81. The molecule has 0 amide bonds. The molecule has 2 aromatic rings. The molecule has 0 bridgehead atoms. The van der Waals surface area contributed by atoms with Gasteiger partial charge in [0.25, 0.3) is 0 Å². The van der Waals surface area contributed by atoms with Crippen LogP contribution in [0.4, 0.5) is 0 Å². The molecule has 0 spiro atoms. The van der Waals surface area contributed by atoms with E-state index in [1.54, 1.807) is 0 Å². The zero-order chi connectivity index (χ0) is 13.3. The third kappa shape index (κ3) is 4.79. The summed E-state index contributed by atoms with van der Waals surface area (Å²) in [7, 11) is 0. The normalized spacial score (nSPS) is 12.5. The zero-order valence-electron chi connectivity index (χ0n) is 11.0. The molecule has 0 aliphatic rings. The van der Waals surface area contributed by atoms with Crippen LogP contribution in [0.25, 0.3) is 0 Å². The molecule has 1 aromatic carbocycles. The topological polar surface area (TPSA) is 74.7 Å².